The summed E-state index contributed by atoms with van der Waals surface area (Å²) in [7, 11) is 0. The van der Waals surface area contributed by atoms with Crippen molar-refractivity contribution < 1.29 is 23.2 Å². The summed E-state index contributed by atoms with van der Waals surface area (Å²) >= 11 is 0. The van der Waals surface area contributed by atoms with E-state index in [1.165, 1.54) is 6.07 Å². The normalized spacial score (nSPS) is 23.1. The Morgan fingerprint density at radius 3 is 2.26 bits per heavy atom. The van der Waals surface area contributed by atoms with Crippen molar-refractivity contribution in [2.75, 3.05) is 11.9 Å². The third kappa shape index (κ3) is 2.86. The van der Waals surface area contributed by atoms with Crippen LogP contribution in [0.25, 0.3) is 0 Å². The molecule has 0 spiro atoms. The van der Waals surface area contributed by atoms with Crippen LogP contribution >= 0.6 is 0 Å². The molecule has 5 nitrogen and oxygen atoms in total. The summed E-state index contributed by atoms with van der Waals surface area (Å²) in [6, 6.07) is 2.93. The second kappa shape index (κ2) is 5.91. The van der Waals surface area contributed by atoms with Crippen molar-refractivity contribution in [2.45, 2.75) is 12.8 Å². The zero-order valence-corrected chi connectivity index (χ0v) is 12.1. The van der Waals surface area contributed by atoms with Crippen LogP contribution < -0.4 is 5.32 Å². The molecule has 3 amide bonds. The van der Waals surface area contributed by atoms with Gasteiger partial charge in [-0.3, -0.25) is 19.3 Å². The fourth-order valence-electron chi connectivity index (χ4n) is 2.94. The fraction of sp³-hybridized carbons (Fsp3) is 0.312. The topological polar surface area (TPSA) is 66.5 Å². The number of anilines is 1. The van der Waals surface area contributed by atoms with E-state index in [1.807, 2.05) is 12.2 Å². The Labute approximate surface area is 131 Å². The van der Waals surface area contributed by atoms with E-state index in [0.29, 0.717) is 12.8 Å². The lowest BCUT2D eigenvalue weighted by Crippen LogP contribution is -2.38. The molecule has 1 aromatic carbocycles. The maximum absolute atomic E-state index is 13.1. The van der Waals surface area contributed by atoms with Gasteiger partial charge in [0.25, 0.3) is 0 Å². The van der Waals surface area contributed by atoms with Crippen molar-refractivity contribution in [1.82, 2.24) is 4.90 Å². The van der Waals surface area contributed by atoms with E-state index in [0.717, 1.165) is 17.0 Å². The number of halogens is 2. The number of likely N-dealkylation sites (tertiary alicyclic amines) is 1. The molecular weight excluding hydrogens is 306 g/mol. The van der Waals surface area contributed by atoms with Crippen molar-refractivity contribution in [3.8, 4) is 0 Å². The SMILES string of the molecule is O=C(CN1C(=O)[C@@H]2CC=CC[C@H]2C1=O)Nc1ccc(F)c(F)c1. The van der Waals surface area contributed by atoms with Gasteiger partial charge in [-0.15, -0.1) is 0 Å². The minimum Gasteiger partial charge on any atom is -0.324 e. The molecule has 0 saturated carbocycles. The second-order valence-corrected chi connectivity index (χ2v) is 5.60. The van der Waals surface area contributed by atoms with Gasteiger partial charge in [-0.2, -0.15) is 0 Å². The molecule has 1 aromatic rings. The molecule has 1 heterocycles. The van der Waals surface area contributed by atoms with E-state index >= 15 is 0 Å². The molecule has 2 atom stereocenters. The second-order valence-electron chi connectivity index (χ2n) is 5.60. The van der Waals surface area contributed by atoms with Crippen molar-refractivity contribution in [3.05, 3.63) is 42.0 Å². The summed E-state index contributed by atoms with van der Waals surface area (Å²) in [5.41, 5.74) is 0.0621. The van der Waals surface area contributed by atoms with Gasteiger partial charge in [0.1, 0.15) is 6.54 Å². The van der Waals surface area contributed by atoms with Gasteiger partial charge in [-0.25, -0.2) is 8.78 Å². The molecule has 23 heavy (non-hydrogen) atoms. The first-order valence-electron chi connectivity index (χ1n) is 7.22. The van der Waals surface area contributed by atoms with Gasteiger partial charge in [-0.05, 0) is 25.0 Å². The Hall–Kier alpha value is -2.57. The van der Waals surface area contributed by atoms with Gasteiger partial charge in [0, 0.05) is 11.8 Å². The molecule has 0 unspecified atom stereocenters. The van der Waals surface area contributed by atoms with Crippen LogP contribution in [0, 0.1) is 23.5 Å². The molecule has 3 rings (SSSR count). The largest absolute Gasteiger partial charge is 0.324 e. The van der Waals surface area contributed by atoms with Crippen molar-refractivity contribution in [1.29, 1.82) is 0 Å². The predicted octanol–water partition coefficient (Wildman–Crippen LogP) is 1.85. The van der Waals surface area contributed by atoms with Crippen LogP contribution in [0.3, 0.4) is 0 Å². The first kappa shape index (κ1) is 15.3. The number of nitrogens with one attached hydrogen (secondary N) is 1. The van der Waals surface area contributed by atoms with Gasteiger partial charge in [-0.1, -0.05) is 12.2 Å². The molecule has 0 aromatic heterocycles. The molecule has 1 fully saturated rings. The number of hydrogen-bond donors (Lipinski definition) is 1. The van der Waals surface area contributed by atoms with Crippen LogP contribution in [-0.4, -0.2) is 29.2 Å². The Morgan fingerprint density at radius 1 is 1.09 bits per heavy atom. The number of rotatable bonds is 3. The first-order chi connectivity index (χ1) is 11.0. The van der Waals surface area contributed by atoms with Gasteiger partial charge < -0.3 is 5.32 Å². The molecule has 0 bridgehead atoms. The molecule has 1 N–H and O–H groups in total. The van der Waals surface area contributed by atoms with Crippen LogP contribution in [0.4, 0.5) is 14.5 Å². The average Bonchev–Trinajstić information content (AvgIpc) is 2.76. The molecular formula is C16H14F2N2O3. The molecule has 1 aliphatic carbocycles. The van der Waals surface area contributed by atoms with Gasteiger partial charge in [0.05, 0.1) is 11.8 Å². The Balaban J connectivity index is 1.67. The number of carbonyl (C=O) groups excluding carboxylic acids is 3. The van der Waals surface area contributed by atoms with Crippen molar-refractivity contribution >= 4 is 23.4 Å². The van der Waals surface area contributed by atoms with E-state index in [2.05, 4.69) is 5.32 Å². The minimum absolute atomic E-state index is 0.0621. The van der Waals surface area contributed by atoms with Gasteiger partial charge >= 0.3 is 0 Å². The minimum atomic E-state index is -1.09. The van der Waals surface area contributed by atoms with E-state index in [9.17, 15) is 23.2 Å². The third-order valence-corrected chi connectivity index (χ3v) is 4.10. The number of imide groups is 1. The van der Waals surface area contributed by atoms with Crippen LogP contribution in [0.5, 0.6) is 0 Å². The predicted molar refractivity (Wildman–Crippen MR) is 77.1 cm³/mol. The number of allylic oxidation sites excluding steroid dienone is 2. The highest BCUT2D eigenvalue weighted by molar-refractivity contribution is 6.08. The third-order valence-electron chi connectivity index (χ3n) is 4.10. The van der Waals surface area contributed by atoms with Gasteiger partial charge in [0.2, 0.25) is 17.7 Å². The number of amides is 3. The highest BCUT2D eigenvalue weighted by atomic mass is 19.2. The molecule has 1 aliphatic heterocycles. The zero-order chi connectivity index (χ0) is 16.6. The summed E-state index contributed by atoms with van der Waals surface area (Å²) in [6.07, 6.45) is 4.71. The average molecular weight is 320 g/mol. The van der Waals surface area contributed by atoms with E-state index in [1.54, 1.807) is 0 Å². The smallest absolute Gasteiger partial charge is 0.244 e. The van der Waals surface area contributed by atoms with E-state index in [4.69, 9.17) is 0 Å². The molecule has 120 valence electrons. The maximum Gasteiger partial charge on any atom is 0.244 e. The standard InChI is InChI=1S/C16H14F2N2O3/c17-12-6-5-9(7-13(12)18)19-14(21)8-20-15(22)10-3-1-2-4-11(10)16(20)23/h1-2,5-7,10-11H,3-4,8H2,(H,19,21)/t10-,11-/m1/s1. The Bertz CT molecular complexity index is 691. The molecule has 7 heteroatoms. The van der Waals surface area contributed by atoms with Gasteiger partial charge in [0.15, 0.2) is 11.6 Å². The fourth-order valence-corrected chi connectivity index (χ4v) is 2.94. The molecule has 0 radical (unpaired) electrons. The summed E-state index contributed by atoms with van der Waals surface area (Å²) in [6.45, 7) is -0.427. The highest BCUT2D eigenvalue weighted by Gasteiger charge is 2.47. The van der Waals surface area contributed by atoms with Crippen LogP contribution in [0.15, 0.2) is 30.4 Å². The summed E-state index contributed by atoms with van der Waals surface area (Å²) in [4.78, 5) is 37.4. The highest BCUT2D eigenvalue weighted by Crippen LogP contribution is 2.34. The van der Waals surface area contributed by atoms with E-state index < -0.39 is 35.9 Å². The lowest BCUT2D eigenvalue weighted by Gasteiger charge is -2.14. The van der Waals surface area contributed by atoms with Crippen molar-refractivity contribution in [2.24, 2.45) is 11.8 Å². The molecule has 1 saturated heterocycles. The zero-order valence-electron chi connectivity index (χ0n) is 12.1. The number of carbonyl (C=O) groups is 3. The summed E-state index contributed by atoms with van der Waals surface area (Å²) in [5.74, 6) is -4.26. The quantitative estimate of drug-likeness (QED) is 0.683. The number of nitrogens with zero attached hydrogens (tertiary/aromatic N) is 1. The lowest BCUT2D eigenvalue weighted by molar-refractivity contribution is -0.142. The summed E-state index contributed by atoms with van der Waals surface area (Å²) in [5, 5.41) is 2.35. The monoisotopic (exact) mass is 320 g/mol. The Kier molecular flexibility index (Phi) is 3.94. The Morgan fingerprint density at radius 2 is 1.70 bits per heavy atom. The first-order valence-corrected chi connectivity index (χ1v) is 7.22. The number of benzene rings is 1. The number of fused-ring (bicyclic) bond motifs is 1. The van der Waals surface area contributed by atoms with E-state index in [-0.39, 0.29) is 17.5 Å². The van der Waals surface area contributed by atoms with Crippen LogP contribution in [0.1, 0.15) is 12.8 Å². The van der Waals surface area contributed by atoms with Crippen molar-refractivity contribution in [3.63, 3.8) is 0 Å². The number of hydrogen-bond acceptors (Lipinski definition) is 3. The van der Waals surface area contributed by atoms with Crippen LogP contribution in [-0.2, 0) is 14.4 Å². The summed E-state index contributed by atoms with van der Waals surface area (Å²) < 4.78 is 26.0. The molecule has 2 aliphatic rings. The maximum atomic E-state index is 13.1. The lowest BCUT2D eigenvalue weighted by atomic mass is 9.85. The van der Waals surface area contributed by atoms with Crippen LogP contribution in [0.2, 0.25) is 0 Å².